The Morgan fingerprint density at radius 3 is 2.36 bits per heavy atom. The lowest BCUT2D eigenvalue weighted by Gasteiger charge is -2.01. The number of anilines is 1. The van der Waals surface area contributed by atoms with E-state index in [-0.39, 0.29) is 0 Å². The van der Waals surface area contributed by atoms with Gasteiger partial charge in [-0.05, 0) is 24.6 Å². The summed E-state index contributed by atoms with van der Waals surface area (Å²) in [4.78, 5) is 8.31. The van der Waals surface area contributed by atoms with E-state index in [1.807, 2.05) is 32.2 Å². The summed E-state index contributed by atoms with van der Waals surface area (Å²) in [6, 6.07) is 5.91. The third-order valence-electron chi connectivity index (χ3n) is 1.46. The number of nitrogens with one attached hydrogen (secondary N) is 1. The zero-order valence-corrected chi connectivity index (χ0v) is 9.13. The molecule has 0 unspecified atom stereocenters. The fraction of sp³-hybridized carbons (Fsp3) is 0.333. The van der Waals surface area contributed by atoms with Crippen LogP contribution in [0.15, 0.2) is 18.2 Å². The molecule has 1 rings (SSSR count). The molecule has 4 nitrogen and oxygen atoms in total. The Morgan fingerprint density at radius 2 is 2.00 bits per heavy atom. The molecule has 0 radical (unpaired) electrons. The Balaban J connectivity index is 0.000000364. The summed E-state index contributed by atoms with van der Waals surface area (Å²) in [5, 5.41) is 12.6. The maximum absolute atomic E-state index is 8.81. The molecular weight excluding hydrogens is 204 g/mol. The van der Waals surface area contributed by atoms with Gasteiger partial charge in [0, 0.05) is 22.7 Å². The Hall–Kier alpha value is -1.29. The van der Waals surface area contributed by atoms with Gasteiger partial charge in [0.15, 0.2) is 7.05 Å². The number of nitrogens with zero attached hydrogens (tertiary/aromatic N) is 1. The molecule has 0 saturated heterocycles. The maximum atomic E-state index is 8.81. The molecule has 0 fully saturated rings. The first-order valence-corrected chi connectivity index (χ1v) is 4.37. The van der Waals surface area contributed by atoms with Gasteiger partial charge in [0.2, 0.25) is 0 Å². The van der Waals surface area contributed by atoms with Crippen LogP contribution in [-0.2, 0) is 0 Å². The van der Waals surface area contributed by atoms with Crippen molar-refractivity contribution in [2.75, 3.05) is 19.4 Å². The predicted molar refractivity (Wildman–Crippen MR) is 58.7 cm³/mol. The molecule has 0 saturated carbocycles. The second-order valence-electron chi connectivity index (χ2n) is 2.65. The maximum Gasteiger partial charge on any atom is 0.194 e. The molecule has 5 heteroatoms. The highest BCUT2D eigenvalue weighted by Gasteiger charge is 1.93. The van der Waals surface area contributed by atoms with Crippen LogP contribution >= 0.6 is 11.6 Å². The van der Waals surface area contributed by atoms with Crippen molar-refractivity contribution in [3.63, 3.8) is 0 Å². The van der Waals surface area contributed by atoms with Crippen LogP contribution in [0.25, 0.3) is 0 Å². The lowest BCUT2D eigenvalue weighted by molar-refractivity contribution is -0.445. The van der Waals surface area contributed by atoms with E-state index >= 15 is 0 Å². The Bertz CT molecular complexity index is 312. The Kier molecular flexibility index (Phi) is 5.64. The quantitative estimate of drug-likeness (QED) is 0.580. The van der Waals surface area contributed by atoms with Crippen LogP contribution in [0.5, 0.6) is 0 Å². The van der Waals surface area contributed by atoms with E-state index < -0.39 is 4.92 Å². The average molecular weight is 217 g/mol. The molecule has 0 atom stereocenters. The summed E-state index contributed by atoms with van der Waals surface area (Å²) in [6.45, 7) is 1.99. The average Bonchev–Trinajstić information content (AvgIpc) is 2.09. The van der Waals surface area contributed by atoms with Crippen LogP contribution in [0.4, 0.5) is 5.69 Å². The zero-order valence-electron chi connectivity index (χ0n) is 8.37. The zero-order chi connectivity index (χ0) is 11.1. The van der Waals surface area contributed by atoms with Crippen molar-refractivity contribution < 1.29 is 4.92 Å². The topological polar surface area (TPSA) is 55.2 Å². The molecular formula is C9H13ClN2O2. The monoisotopic (exact) mass is 216 g/mol. The molecule has 1 N–H and O–H groups in total. The largest absolute Gasteiger partial charge is 0.388 e. The van der Waals surface area contributed by atoms with Crippen LogP contribution in [0.1, 0.15) is 5.56 Å². The van der Waals surface area contributed by atoms with Gasteiger partial charge in [-0.15, -0.1) is 0 Å². The Labute approximate surface area is 88.0 Å². The number of hydrogen-bond donors (Lipinski definition) is 1. The van der Waals surface area contributed by atoms with Gasteiger partial charge >= 0.3 is 0 Å². The first-order chi connectivity index (χ1) is 6.47. The highest BCUT2D eigenvalue weighted by Crippen LogP contribution is 2.18. The molecule has 0 amide bonds. The van der Waals surface area contributed by atoms with E-state index in [2.05, 4.69) is 5.32 Å². The molecule has 14 heavy (non-hydrogen) atoms. The van der Waals surface area contributed by atoms with Gasteiger partial charge in [0.1, 0.15) is 0 Å². The molecule has 0 heterocycles. The van der Waals surface area contributed by atoms with Crippen molar-refractivity contribution >= 4 is 17.3 Å². The molecule has 0 aliphatic rings. The second-order valence-corrected chi connectivity index (χ2v) is 3.06. The van der Waals surface area contributed by atoms with E-state index in [1.54, 1.807) is 0 Å². The summed E-state index contributed by atoms with van der Waals surface area (Å²) >= 11 is 5.85. The molecule has 0 spiro atoms. The van der Waals surface area contributed by atoms with E-state index in [0.29, 0.717) is 0 Å². The number of benzene rings is 1. The fourth-order valence-corrected chi connectivity index (χ4v) is 0.929. The van der Waals surface area contributed by atoms with Gasteiger partial charge in [0.05, 0.1) is 0 Å². The summed E-state index contributed by atoms with van der Waals surface area (Å²) < 4.78 is 0. The number of nitro groups is 1. The number of halogens is 1. The van der Waals surface area contributed by atoms with Crippen molar-refractivity contribution in [2.24, 2.45) is 0 Å². The normalized spacial score (nSPS) is 8.57. The fourth-order valence-electron chi connectivity index (χ4n) is 0.748. The van der Waals surface area contributed by atoms with E-state index in [0.717, 1.165) is 23.3 Å². The summed E-state index contributed by atoms with van der Waals surface area (Å²) in [7, 11) is 2.76. The summed E-state index contributed by atoms with van der Waals surface area (Å²) in [5.74, 6) is 0. The molecule has 1 aromatic rings. The van der Waals surface area contributed by atoms with Gasteiger partial charge in [0.25, 0.3) is 0 Å². The van der Waals surface area contributed by atoms with Crippen LogP contribution in [0, 0.1) is 17.0 Å². The number of hydrogen-bond acceptors (Lipinski definition) is 3. The molecule has 0 aliphatic carbocycles. The molecule has 0 bridgehead atoms. The predicted octanol–water partition coefficient (Wildman–Crippen LogP) is 2.58. The van der Waals surface area contributed by atoms with Crippen LogP contribution in [0.3, 0.4) is 0 Å². The van der Waals surface area contributed by atoms with E-state index in [9.17, 15) is 0 Å². The third kappa shape index (κ3) is 5.37. The van der Waals surface area contributed by atoms with Crippen molar-refractivity contribution in [3.8, 4) is 0 Å². The first-order valence-electron chi connectivity index (χ1n) is 3.99. The SMILES string of the molecule is CNc1ccc(C)c(Cl)c1.C[N+](=O)[O-]. The minimum absolute atomic E-state index is 0.500. The molecule has 1 aromatic carbocycles. The molecule has 78 valence electrons. The highest BCUT2D eigenvalue weighted by molar-refractivity contribution is 6.31. The van der Waals surface area contributed by atoms with Crippen LogP contribution < -0.4 is 5.32 Å². The van der Waals surface area contributed by atoms with Gasteiger partial charge in [-0.25, -0.2) is 0 Å². The van der Waals surface area contributed by atoms with Crippen molar-refractivity contribution in [1.82, 2.24) is 0 Å². The summed E-state index contributed by atoms with van der Waals surface area (Å²) in [6.07, 6.45) is 0. The minimum Gasteiger partial charge on any atom is -0.388 e. The smallest absolute Gasteiger partial charge is 0.194 e. The Morgan fingerprint density at radius 1 is 1.50 bits per heavy atom. The van der Waals surface area contributed by atoms with Gasteiger partial charge in [-0.1, -0.05) is 17.7 Å². The molecule has 0 aliphatic heterocycles. The summed E-state index contributed by atoms with van der Waals surface area (Å²) in [5.41, 5.74) is 2.16. The van der Waals surface area contributed by atoms with E-state index in [1.165, 1.54) is 0 Å². The lowest BCUT2D eigenvalue weighted by atomic mass is 10.2. The number of rotatable bonds is 1. The van der Waals surface area contributed by atoms with Crippen molar-refractivity contribution in [3.05, 3.63) is 38.9 Å². The van der Waals surface area contributed by atoms with E-state index in [4.69, 9.17) is 21.7 Å². The van der Waals surface area contributed by atoms with Gasteiger partial charge in [-0.3, -0.25) is 10.1 Å². The highest BCUT2D eigenvalue weighted by atomic mass is 35.5. The van der Waals surface area contributed by atoms with Gasteiger partial charge in [-0.2, -0.15) is 0 Å². The van der Waals surface area contributed by atoms with Crippen molar-refractivity contribution in [2.45, 2.75) is 6.92 Å². The standard InChI is InChI=1S/C8H10ClN.CH3NO2/c1-6-3-4-7(10-2)5-8(6)9;1-2(3)4/h3-5,10H,1-2H3;1H3. The third-order valence-corrected chi connectivity index (χ3v) is 1.87. The number of aryl methyl sites for hydroxylation is 1. The van der Waals surface area contributed by atoms with Crippen LogP contribution in [-0.4, -0.2) is 19.0 Å². The first kappa shape index (κ1) is 12.7. The molecule has 0 aromatic heterocycles. The van der Waals surface area contributed by atoms with Gasteiger partial charge < -0.3 is 5.32 Å². The van der Waals surface area contributed by atoms with Crippen LogP contribution in [0.2, 0.25) is 5.02 Å². The van der Waals surface area contributed by atoms with Crippen molar-refractivity contribution in [1.29, 1.82) is 0 Å². The second kappa shape index (κ2) is 6.21. The minimum atomic E-state index is -0.500. The lowest BCUT2D eigenvalue weighted by Crippen LogP contribution is -1.87.